The third kappa shape index (κ3) is 1.50. The fourth-order valence-electron chi connectivity index (χ4n) is 1.89. The number of hydrogen-bond acceptors (Lipinski definition) is 3. The van der Waals surface area contributed by atoms with E-state index in [2.05, 4.69) is 16.9 Å². The van der Waals surface area contributed by atoms with Gasteiger partial charge in [0.15, 0.2) is 11.5 Å². The van der Waals surface area contributed by atoms with Crippen molar-refractivity contribution < 1.29 is 9.47 Å². The van der Waals surface area contributed by atoms with Crippen molar-refractivity contribution in [3.63, 3.8) is 0 Å². The number of aryl methyl sites for hydroxylation is 2. The molecule has 0 fully saturated rings. The number of benzene rings is 1. The molecular weight excluding hydrogens is 204 g/mol. The van der Waals surface area contributed by atoms with E-state index in [-0.39, 0.29) is 0 Å². The van der Waals surface area contributed by atoms with Crippen LogP contribution in [0.2, 0.25) is 0 Å². The van der Waals surface area contributed by atoms with Gasteiger partial charge in [0.2, 0.25) is 0 Å². The number of nitrogens with one attached hydrogen (secondary N) is 1. The summed E-state index contributed by atoms with van der Waals surface area (Å²) in [4.78, 5) is 7.76. The second-order valence-corrected chi connectivity index (χ2v) is 3.69. The van der Waals surface area contributed by atoms with Crippen LogP contribution >= 0.6 is 0 Å². The zero-order valence-electron chi connectivity index (χ0n) is 10.0. The van der Waals surface area contributed by atoms with E-state index in [0.717, 1.165) is 34.6 Å². The van der Waals surface area contributed by atoms with Gasteiger partial charge >= 0.3 is 0 Å². The molecule has 0 spiro atoms. The van der Waals surface area contributed by atoms with Crippen LogP contribution in [0.4, 0.5) is 0 Å². The van der Waals surface area contributed by atoms with Crippen molar-refractivity contribution in [2.75, 3.05) is 14.2 Å². The molecule has 0 atom stereocenters. The lowest BCUT2D eigenvalue weighted by atomic mass is 10.2. The molecule has 16 heavy (non-hydrogen) atoms. The lowest BCUT2D eigenvalue weighted by Gasteiger charge is -2.10. The molecule has 86 valence electrons. The average Bonchev–Trinajstić information content (AvgIpc) is 2.69. The van der Waals surface area contributed by atoms with Gasteiger partial charge in [0, 0.05) is 6.42 Å². The fraction of sp³-hybridized carbons (Fsp3) is 0.417. The first kappa shape index (κ1) is 10.8. The highest BCUT2D eigenvalue weighted by Gasteiger charge is 2.15. The Bertz CT molecular complexity index is 517. The molecule has 1 N–H and O–H groups in total. The lowest BCUT2D eigenvalue weighted by Crippen LogP contribution is -1.94. The number of H-pyrrole nitrogens is 1. The summed E-state index contributed by atoms with van der Waals surface area (Å²) < 4.78 is 10.7. The monoisotopic (exact) mass is 220 g/mol. The Kier molecular flexibility index (Phi) is 2.73. The number of hydrogen-bond donors (Lipinski definition) is 1. The fourth-order valence-corrected chi connectivity index (χ4v) is 1.89. The molecular formula is C12H16N2O2. The third-order valence-corrected chi connectivity index (χ3v) is 2.66. The minimum absolute atomic E-state index is 0.702. The predicted molar refractivity (Wildman–Crippen MR) is 63.3 cm³/mol. The summed E-state index contributed by atoms with van der Waals surface area (Å²) >= 11 is 0. The van der Waals surface area contributed by atoms with Gasteiger partial charge < -0.3 is 14.5 Å². The van der Waals surface area contributed by atoms with E-state index in [0.29, 0.717) is 5.75 Å². The van der Waals surface area contributed by atoms with Crippen molar-refractivity contribution in [3.05, 3.63) is 17.5 Å². The Labute approximate surface area is 94.6 Å². The minimum atomic E-state index is 0.702. The smallest absolute Gasteiger partial charge is 0.189 e. The van der Waals surface area contributed by atoms with Crippen molar-refractivity contribution in [3.8, 4) is 11.5 Å². The van der Waals surface area contributed by atoms with E-state index in [4.69, 9.17) is 9.47 Å². The first-order valence-electron chi connectivity index (χ1n) is 5.31. The number of rotatable bonds is 3. The van der Waals surface area contributed by atoms with E-state index in [9.17, 15) is 0 Å². The Morgan fingerprint density at radius 2 is 1.94 bits per heavy atom. The quantitative estimate of drug-likeness (QED) is 0.864. The molecule has 2 rings (SSSR count). The maximum Gasteiger partial charge on any atom is 0.189 e. The van der Waals surface area contributed by atoms with Crippen LogP contribution in [0.15, 0.2) is 6.07 Å². The second kappa shape index (κ2) is 4.04. The standard InChI is InChI=1S/C12H16N2O2/c1-5-9-13-8-6-7(2)11(15-3)12(16-4)10(8)14-9/h6H,5H2,1-4H3,(H,13,14). The number of nitrogens with zero attached hydrogens (tertiary/aromatic N) is 1. The summed E-state index contributed by atoms with van der Waals surface area (Å²) in [5.41, 5.74) is 2.87. The van der Waals surface area contributed by atoms with E-state index in [1.165, 1.54) is 0 Å². The number of methoxy groups -OCH3 is 2. The summed E-state index contributed by atoms with van der Waals surface area (Å²) in [6, 6.07) is 2.03. The third-order valence-electron chi connectivity index (χ3n) is 2.66. The largest absolute Gasteiger partial charge is 0.492 e. The first-order valence-corrected chi connectivity index (χ1v) is 5.31. The van der Waals surface area contributed by atoms with Crippen molar-refractivity contribution in [1.29, 1.82) is 0 Å². The Balaban J connectivity index is 2.77. The molecule has 0 bridgehead atoms. The second-order valence-electron chi connectivity index (χ2n) is 3.69. The predicted octanol–water partition coefficient (Wildman–Crippen LogP) is 2.45. The highest BCUT2D eigenvalue weighted by Crippen LogP contribution is 2.37. The molecule has 0 aliphatic heterocycles. The normalized spacial score (nSPS) is 10.8. The molecule has 1 aromatic carbocycles. The van der Waals surface area contributed by atoms with Crippen molar-refractivity contribution in [1.82, 2.24) is 9.97 Å². The molecule has 0 saturated carbocycles. The van der Waals surface area contributed by atoms with Gasteiger partial charge in [-0.15, -0.1) is 0 Å². The van der Waals surface area contributed by atoms with Gasteiger partial charge in [-0.25, -0.2) is 4.98 Å². The van der Waals surface area contributed by atoms with Crippen LogP contribution < -0.4 is 9.47 Å². The highest BCUT2D eigenvalue weighted by molar-refractivity contribution is 5.86. The number of ether oxygens (including phenoxy) is 2. The van der Waals surface area contributed by atoms with Crippen molar-refractivity contribution in [2.24, 2.45) is 0 Å². The molecule has 1 aromatic heterocycles. The molecule has 0 saturated heterocycles. The summed E-state index contributed by atoms with van der Waals surface area (Å²) in [5, 5.41) is 0. The van der Waals surface area contributed by atoms with E-state index < -0.39 is 0 Å². The molecule has 1 heterocycles. The van der Waals surface area contributed by atoms with Gasteiger partial charge in [-0.1, -0.05) is 6.92 Å². The summed E-state index contributed by atoms with van der Waals surface area (Å²) in [6.45, 7) is 4.06. The number of aromatic amines is 1. The molecule has 0 aliphatic rings. The van der Waals surface area contributed by atoms with Crippen LogP contribution in [0.3, 0.4) is 0 Å². The minimum Gasteiger partial charge on any atom is -0.492 e. The van der Waals surface area contributed by atoms with E-state index >= 15 is 0 Å². The van der Waals surface area contributed by atoms with E-state index in [1.807, 2.05) is 13.0 Å². The highest BCUT2D eigenvalue weighted by atomic mass is 16.5. The van der Waals surface area contributed by atoms with Crippen molar-refractivity contribution in [2.45, 2.75) is 20.3 Å². The maximum absolute atomic E-state index is 5.38. The molecule has 0 amide bonds. The van der Waals surface area contributed by atoms with Crippen LogP contribution in [0, 0.1) is 6.92 Å². The Hall–Kier alpha value is -1.71. The Morgan fingerprint density at radius 1 is 1.25 bits per heavy atom. The topological polar surface area (TPSA) is 47.1 Å². The lowest BCUT2D eigenvalue weighted by molar-refractivity contribution is 0.356. The molecule has 4 heteroatoms. The van der Waals surface area contributed by atoms with Crippen LogP contribution in [-0.4, -0.2) is 24.2 Å². The summed E-state index contributed by atoms with van der Waals surface area (Å²) in [7, 11) is 3.28. The molecule has 4 nitrogen and oxygen atoms in total. The van der Waals surface area contributed by atoms with Crippen LogP contribution in [-0.2, 0) is 6.42 Å². The molecule has 0 unspecified atom stereocenters. The van der Waals surface area contributed by atoms with Crippen LogP contribution in [0.1, 0.15) is 18.3 Å². The number of imidazole rings is 1. The molecule has 2 aromatic rings. The van der Waals surface area contributed by atoms with Crippen molar-refractivity contribution >= 4 is 11.0 Å². The zero-order valence-corrected chi connectivity index (χ0v) is 10.0. The molecule has 0 aliphatic carbocycles. The van der Waals surface area contributed by atoms with Crippen LogP contribution in [0.5, 0.6) is 11.5 Å². The van der Waals surface area contributed by atoms with Gasteiger partial charge in [0.1, 0.15) is 11.3 Å². The Morgan fingerprint density at radius 3 is 2.50 bits per heavy atom. The maximum atomic E-state index is 5.38. The van der Waals surface area contributed by atoms with Gasteiger partial charge in [-0.3, -0.25) is 0 Å². The van der Waals surface area contributed by atoms with E-state index in [1.54, 1.807) is 14.2 Å². The van der Waals surface area contributed by atoms with Crippen LogP contribution in [0.25, 0.3) is 11.0 Å². The van der Waals surface area contributed by atoms with Gasteiger partial charge in [-0.05, 0) is 18.6 Å². The summed E-state index contributed by atoms with van der Waals surface area (Å²) in [6.07, 6.45) is 0.874. The summed E-state index contributed by atoms with van der Waals surface area (Å²) in [5.74, 6) is 2.42. The van der Waals surface area contributed by atoms with Gasteiger partial charge in [-0.2, -0.15) is 0 Å². The average molecular weight is 220 g/mol. The number of fused-ring (bicyclic) bond motifs is 1. The zero-order chi connectivity index (χ0) is 11.7. The van der Waals surface area contributed by atoms with Gasteiger partial charge in [0.05, 0.1) is 19.7 Å². The first-order chi connectivity index (χ1) is 7.71. The SMILES string of the molecule is CCc1nc2c(OC)c(OC)c(C)cc2[nH]1. The molecule has 0 radical (unpaired) electrons. The van der Waals surface area contributed by atoms with Gasteiger partial charge in [0.25, 0.3) is 0 Å². The number of aromatic nitrogens is 2.